The van der Waals surface area contributed by atoms with Crippen molar-refractivity contribution in [3.63, 3.8) is 0 Å². The highest BCUT2D eigenvalue weighted by Crippen LogP contribution is 2.27. The predicted molar refractivity (Wildman–Crippen MR) is 76.7 cm³/mol. The summed E-state index contributed by atoms with van der Waals surface area (Å²) in [7, 11) is 0. The lowest BCUT2D eigenvalue weighted by atomic mass is 10.1. The number of H-pyrrole nitrogens is 1. The van der Waals surface area contributed by atoms with E-state index in [-0.39, 0.29) is 0 Å². The zero-order valence-corrected chi connectivity index (χ0v) is 10.6. The minimum atomic E-state index is 0.674. The molecule has 0 spiro atoms. The molecule has 0 saturated heterocycles. The maximum absolute atomic E-state index is 5.49. The summed E-state index contributed by atoms with van der Waals surface area (Å²) in [5.41, 5.74) is 8.79. The van der Waals surface area contributed by atoms with E-state index in [4.69, 9.17) is 5.73 Å². The molecular formula is C15H16N4. The molecular weight excluding hydrogens is 236 g/mol. The number of aryl methyl sites for hydroxylation is 1. The lowest BCUT2D eigenvalue weighted by molar-refractivity contribution is 0.781. The van der Waals surface area contributed by atoms with E-state index in [0.717, 1.165) is 35.3 Å². The summed E-state index contributed by atoms with van der Waals surface area (Å²) in [5, 5.41) is 1.20. The van der Waals surface area contributed by atoms with Crippen LogP contribution in [0.2, 0.25) is 0 Å². The molecule has 2 heterocycles. The van der Waals surface area contributed by atoms with Gasteiger partial charge in [0, 0.05) is 47.0 Å². The van der Waals surface area contributed by atoms with Gasteiger partial charge in [-0.05, 0) is 19.0 Å². The number of nitrogens with zero attached hydrogens (tertiary/aromatic N) is 2. The van der Waals surface area contributed by atoms with E-state index in [1.165, 1.54) is 5.39 Å². The zero-order valence-electron chi connectivity index (χ0n) is 10.6. The van der Waals surface area contributed by atoms with Gasteiger partial charge >= 0.3 is 0 Å². The Morgan fingerprint density at radius 2 is 1.89 bits per heavy atom. The highest BCUT2D eigenvalue weighted by atomic mass is 14.9. The molecule has 19 heavy (non-hydrogen) atoms. The minimum Gasteiger partial charge on any atom is -0.361 e. The molecule has 96 valence electrons. The van der Waals surface area contributed by atoms with Crippen LogP contribution in [-0.2, 0) is 6.42 Å². The van der Waals surface area contributed by atoms with Gasteiger partial charge in [0.05, 0.1) is 0 Å². The van der Waals surface area contributed by atoms with Crippen molar-refractivity contribution < 1.29 is 0 Å². The Balaban J connectivity index is 1.93. The van der Waals surface area contributed by atoms with E-state index in [0.29, 0.717) is 6.54 Å². The van der Waals surface area contributed by atoms with Gasteiger partial charge in [0.25, 0.3) is 0 Å². The highest BCUT2D eigenvalue weighted by molar-refractivity contribution is 5.95. The number of fused-ring (bicyclic) bond motifs is 1. The standard InChI is InChI=1S/C15H16N4/c16-7-3-6-15-18-8-11(9-19-15)13-10-17-14-5-2-1-4-12(13)14/h1-2,4-5,8-10,17H,3,6-7,16H2. The van der Waals surface area contributed by atoms with Crippen LogP contribution in [0.3, 0.4) is 0 Å². The molecule has 0 atom stereocenters. The second-order valence-corrected chi connectivity index (χ2v) is 4.53. The smallest absolute Gasteiger partial charge is 0.128 e. The SMILES string of the molecule is NCCCc1ncc(-c2c[nH]c3ccccc23)cn1. The fourth-order valence-electron chi connectivity index (χ4n) is 2.19. The molecule has 3 N–H and O–H groups in total. The molecule has 2 aromatic heterocycles. The van der Waals surface area contributed by atoms with Crippen molar-refractivity contribution in [2.75, 3.05) is 6.54 Å². The van der Waals surface area contributed by atoms with Gasteiger partial charge in [0.2, 0.25) is 0 Å². The largest absolute Gasteiger partial charge is 0.361 e. The van der Waals surface area contributed by atoms with Gasteiger partial charge in [-0.3, -0.25) is 0 Å². The van der Waals surface area contributed by atoms with Crippen LogP contribution in [0.15, 0.2) is 42.9 Å². The van der Waals surface area contributed by atoms with Crippen molar-refractivity contribution >= 4 is 10.9 Å². The Labute approximate surface area is 111 Å². The topological polar surface area (TPSA) is 67.6 Å². The number of hydrogen-bond acceptors (Lipinski definition) is 3. The molecule has 0 fully saturated rings. The molecule has 0 aliphatic rings. The number of nitrogens with one attached hydrogen (secondary N) is 1. The molecule has 4 heteroatoms. The maximum Gasteiger partial charge on any atom is 0.128 e. The van der Waals surface area contributed by atoms with Crippen LogP contribution in [-0.4, -0.2) is 21.5 Å². The second kappa shape index (κ2) is 5.20. The van der Waals surface area contributed by atoms with Gasteiger partial charge in [-0.2, -0.15) is 0 Å². The van der Waals surface area contributed by atoms with E-state index < -0.39 is 0 Å². The van der Waals surface area contributed by atoms with Crippen LogP contribution in [0, 0.1) is 0 Å². The maximum atomic E-state index is 5.49. The molecule has 0 aliphatic heterocycles. The third-order valence-electron chi connectivity index (χ3n) is 3.21. The lowest BCUT2D eigenvalue weighted by Crippen LogP contribution is -2.02. The number of aromatic amines is 1. The number of nitrogens with two attached hydrogens (primary N) is 1. The Kier molecular flexibility index (Phi) is 3.25. The summed E-state index contributed by atoms with van der Waals surface area (Å²) in [6, 6.07) is 8.23. The van der Waals surface area contributed by atoms with Gasteiger partial charge in [-0.1, -0.05) is 18.2 Å². The Morgan fingerprint density at radius 1 is 1.11 bits per heavy atom. The first kappa shape index (κ1) is 11.9. The van der Waals surface area contributed by atoms with Crippen LogP contribution in [0.1, 0.15) is 12.2 Å². The van der Waals surface area contributed by atoms with Crippen molar-refractivity contribution in [1.29, 1.82) is 0 Å². The molecule has 0 bridgehead atoms. The first-order valence-corrected chi connectivity index (χ1v) is 6.46. The lowest BCUT2D eigenvalue weighted by Gasteiger charge is -2.01. The highest BCUT2D eigenvalue weighted by Gasteiger charge is 2.06. The van der Waals surface area contributed by atoms with Crippen LogP contribution < -0.4 is 5.73 Å². The number of aromatic nitrogens is 3. The normalized spacial score (nSPS) is 11.0. The summed E-state index contributed by atoms with van der Waals surface area (Å²) in [5.74, 6) is 0.856. The summed E-state index contributed by atoms with van der Waals surface area (Å²) in [4.78, 5) is 12.1. The van der Waals surface area contributed by atoms with E-state index in [2.05, 4.69) is 27.1 Å². The molecule has 3 rings (SSSR count). The van der Waals surface area contributed by atoms with Gasteiger partial charge in [-0.15, -0.1) is 0 Å². The van der Waals surface area contributed by atoms with Crippen LogP contribution >= 0.6 is 0 Å². The van der Waals surface area contributed by atoms with Crippen molar-refractivity contribution in [2.45, 2.75) is 12.8 Å². The van der Waals surface area contributed by atoms with Gasteiger partial charge < -0.3 is 10.7 Å². The first-order chi connectivity index (χ1) is 9.38. The third kappa shape index (κ3) is 2.35. The zero-order chi connectivity index (χ0) is 13.1. The quantitative estimate of drug-likeness (QED) is 0.749. The summed E-state index contributed by atoms with van der Waals surface area (Å²) < 4.78 is 0. The molecule has 0 unspecified atom stereocenters. The molecule has 0 aliphatic carbocycles. The minimum absolute atomic E-state index is 0.674. The van der Waals surface area contributed by atoms with Crippen molar-refractivity contribution in [1.82, 2.24) is 15.0 Å². The first-order valence-electron chi connectivity index (χ1n) is 6.46. The van der Waals surface area contributed by atoms with Crippen molar-refractivity contribution in [2.24, 2.45) is 5.73 Å². The van der Waals surface area contributed by atoms with E-state index in [1.807, 2.05) is 30.7 Å². The van der Waals surface area contributed by atoms with Crippen molar-refractivity contribution in [3.05, 3.63) is 48.7 Å². The predicted octanol–water partition coefficient (Wildman–Crippen LogP) is 2.52. The number of para-hydroxylation sites is 1. The monoisotopic (exact) mass is 252 g/mol. The number of benzene rings is 1. The van der Waals surface area contributed by atoms with E-state index >= 15 is 0 Å². The van der Waals surface area contributed by atoms with E-state index in [1.54, 1.807) is 0 Å². The molecule has 0 radical (unpaired) electrons. The Bertz CT molecular complexity index is 670. The second-order valence-electron chi connectivity index (χ2n) is 4.53. The molecule has 0 amide bonds. The van der Waals surface area contributed by atoms with Crippen molar-refractivity contribution in [3.8, 4) is 11.1 Å². The van der Waals surface area contributed by atoms with Gasteiger partial charge in [0.1, 0.15) is 5.82 Å². The van der Waals surface area contributed by atoms with Gasteiger partial charge in [0.15, 0.2) is 0 Å². The number of hydrogen-bond donors (Lipinski definition) is 2. The molecule has 0 saturated carbocycles. The van der Waals surface area contributed by atoms with Crippen LogP contribution in [0.5, 0.6) is 0 Å². The average molecular weight is 252 g/mol. The van der Waals surface area contributed by atoms with E-state index in [9.17, 15) is 0 Å². The summed E-state index contributed by atoms with van der Waals surface area (Å²) in [6.07, 6.45) is 7.53. The number of rotatable bonds is 4. The molecule has 4 nitrogen and oxygen atoms in total. The Hall–Kier alpha value is -2.20. The third-order valence-corrected chi connectivity index (χ3v) is 3.21. The summed E-state index contributed by atoms with van der Waals surface area (Å²) >= 11 is 0. The van der Waals surface area contributed by atoms with Crippen LogP contribution in [0.4, 0.5) is 0 Å². The Morgan fingerprint density at radius 3 is 2.68 bits per heavy atom. The van der Waals surface area contributed by atoms with Crippen LogP contribution in [0.25, 0.3) is 22.0 Å². The summed E-state index contributed by atoms with van der Waals surface area (Å²) in [6.45, 7) is 0.674. The molecule has 3 aromatic rings. The molecule has 1 aromatic carbocycles. The van der Waals surface area contributed by atoms with Gasteiger partial charge in [-0.25, -0.2) is 9.97 Å². The fourth-order valence-corrected chi connectivity index (χ4v) is 2.19. The fraction of sp³-hybridized carbons (Fsp3) is 0.200. The average Bonchev–Trinajstić information content (AvgIpc) is 2.90.